The van der Waals surface area contributed by atoms with E-state index in [0.29, 0.717) is 6.04 Å². The Bertz CT molecular complexity index is 136. The molecule has 3 heteroatoms. The molecule has 0 bridgehead atoms. The predicted octanol–water partition coefficient (Wildman–Crippen LogP) is 1.10. The molecule has 0 N–H and O–H groups in total. The molecule has 0 aromatic heterocycles. The van der Waals surface area contributed by atoms with Crippen molar-refractivity contribution < 1.29 is 4.84 Å². The lowest BCUT2D eigenvalue weighted by Crippen LogP contribution is -2.28. The number of likely N-dealkylation sites (N-methyl/N-ethyl adjacent to an activating group) is 1. The quantitative estimate of drug-likeness (QED) is 0.451. The van der Waals surface area contributed by atoms with Gasteiger partial charge in [-0.3, -0.25) is 4.90 Å². The Hall–Kier alpha value is -0.570. The Morgan fingerprint density at radius 2 is 2.55 bits per heavy atom. The van der Waals surface area contributed by atoms with E-state index in [1.165, 1.54) is 19.4 Å². The van der Waals surface area contributed by atoms with E-state index in [2.05, 4.69) is 17.1 Å². The predicted molar refractivity (Wildman–Crippen MR) is 45.8 cm³/mol. The third-order valence-corrected chi connectivity index (χ3v) is 2.12. The number of hydrogen-bond acceptors (Lipinski definition) is 3. The summed E-state index contributed by atoms with van der Waals surface area (Å²) >= 11 is 0. The normalized spacial score (nSPS) is 26.5. The molecular formula is C8H16N2O. The molecule has 0 amide bonds. The number of rotatable bonds is 3. The van der Waals surface area contributed by atoms with Crippen molar-refractivity contribution in [1.82, 2.24) is 4.90 Å². The van der Waals surface area contributed by atoms with Crippen molar-refractivity contribution in [1.29, 1.82) is 0 Å². The van der Waals surface area contributed by atoms with Gasteiger partial charge in [0, 0.05) is 12.3 Å². The Morgan fingerprint density at radius 3 is 3.09 bits per heavy atom. The second-order valence-corrected chi connectivity index (χ2v) is 2.94. The minimum absolute atomic E-state index is 0.582. The Labute approximate surface area is 68.0 Å². The zero-order valence-electron chi connectivity index (χ0n) is 7.29. The van der Waals surface area contributed by atoms with Gasteiger partial charge in [0.2, 0.25) is 0 Å². The number of nitrogens with zero attached hydrogens (tertiary/aromatic N) is 2. The van der Waals surface area contributed by atoms with E-state index in [1.54, 1.807) is 6.21 Å². The molecule has 1 heterocycles. The Kier molecular flexibility index (Phi) is 3.36. The topological polar surface area (TPSA) is 24.8 Å². The van der Waals surface area contributed by atoms with Crippen LogP contribution in [0.15, 0.2) is 5.16 Å². The molecule has 11 heavy (non-hydrogen) atoms. The molecule has 0 saturated carbocycles. The second-order valence-electron chi connectivity index (χ2n) is 2.94. The maximum absolute atomic E-state index is 5.06. The van der Waals surface area contributed by atoms with Gasteiger partial charge in [-0.1, -0.05) is 5.16 Å². The lowest BCUT2D eigenvalue weighted by molar-refractivity contribution is 0.0928. The summed E-state index contributed by atoms with van der Waals surface area (Å²) in [6.07, 6.45) is 4.21. The van der Waals surface area contributed by atoms with Crippen LogP contribution in [0.5, 0.6) is 0 Å². The van der Waals surface area contributed by atoms with Gasteiger partial charge in [-0.2, -0.15) is 0 Å². The van der Waals surface area contributed by atoms with Crippen LogP contribution in [0, 0.1) is 0 Å². The molecule has 0 radical (unpaired) electrons. The van der Waals surface area contributed by atoms with E-state index in [9.17, 15) is 0 Å². The second kappa shape index (κ2) is 4.34. The zero-order valence-corrected chi connectivity index (χ0v) is 7.29. The van der Waals surface area contributed by atoms with Crippen LogP contribution in [0.1, 0.15) is 19.8 Å². The SMILES string of the molecule is CC=NOC[C@H]1CCCN1C. The van der Waals surface area contributed by atoms with E-state index in [0.717, 1.165) is 6.61 Å². The molecule has 1 atom stereocenters. The van der Waals surface area contributed by atoms with Crippen molar-refractivity contribution in [2.45, 2.75) is 25.8 Å². The van der Waals surface area contributed by atoms with Crippen molar-refractivity contribution in [2.75, 3.05) is 20.2 Å². The molecule has 0 aromatic rings. The van der Waals surface area contributed by atoms with Gasteiger partial charge in [0.25, 0.3) is 0 Å². The Balaban J connectivity index is 2.15. The highest BCUT2D eigenvalue weighted by Gasteiger charge is 2.20. The van der Waals surface area contributed by atoms with Crippen molar-refractivity contribution >= 4 is 6.21 Å². The summed E-state index contributed by atoms with van der Waals surface area (Å²) in [6, 6.07) is 0.582. The van der Waals surface area contributed by atoms with Crippen LogP contribution in [0.2, 0.25) is 0 Å². The van der Waals surface area contributed by atoms with E-state index in [1.807, 2.05) is 6.92 Å². The van der Waals surface area contributed by atoms with E-state index in [-0.39, 0.29) is 0 Å². The fourth-order valence-corrected chi connectivity index (χ4v) is 1.39. The van der Waals surface area contributed by atoms with Crippen LogP contribution in [-0.2, 0) is 4.84 Å². The first kappa shape index (κ1) is 8.53. The average molecular weight is 156 g/mol. The van der Waals surface area contributed by atoms with Gasteiger partial charge >= 0.3 is 0 Å². The molecule has 0 spiro atoms. The van der Waals surface area contributed by atoms with Gasteiger partial charge in [0.15, 0.2) is 0 Å². The van der Waals surface area contributed by atoms with E-state index in [4.69, 9.17) is 4.84 Å². The molecule has 1 aliphatic rings. The number of hydrogen-bond donors (Lipinski definition) is 0. The standard InChI is InChI=1S/C8H16N2O/c1-3-9-11-7-8-5-4-6-10(8)2/h3,8H,4-7H2,1-2H3/t8-/m1/s1. The average Bonchev–Trinajstić information content (AvgIpc) is 2.37. The third kappa shape index (κ3) is 2.50. The van der Waals surface area contributed by atoms with Gasteiger partial charge in [-0.15, -0.1) is 0 Å². The molecule has 0 aromatic carbocycles. The van der Waals surface area contributed by atoms with Gasteiger partial charge < -0.3 is 4.84 Å². The van der Waals surface area contributed by atoms with Crippen molar-refractivity contribution in [3.63, 3.8) is 0 Å². The molecule has 1 rings (SSSR count). The van der Waals surface area contributed by atoms with Crippen LogP contribution < -0.4 is 0 Å². The highest BCUT2D eigenvalue weighted by atomic mass is 16.6. The summed E-state index contributed by atoms with van der Waals surface area (Å²) in [6.45, 7) is 3.79. The lowest BCUT2D eigenvalue weighted by atomic mass is 10.2. The summed E-state index contributed by atoms with van der Waals surface area (Å²) < 4.78 is 0. The first-order valence-corrected chi connectivity index (χ1v) is 4.14. The van der Waals surface area contributed by atoms with Crippen molar-refractivity contribution in [3.8, 4) is 0 Å². The molecule has 1 fully saturated rings. The summed E-state index contributed by atoms with van der Waals surface area (Å²) in [7, 11) is 2.14. The van der Waals surface area contributed by atoms with Crippen molar-refractivity contribution in [2.24, 2.45) is 5.16 Å². The lowest BCUT2D eigenvalue weighted by Gasteiger charge is -2.17. The third-order valence-electron chi connectivity index (χ3n) is 2.12. The molecule has 64 valence electrons. The number of likely N-dealkylation sites (tertiary alicyclic amines) is 1. The molecule has 0 unspecified atom stereocenters. The van der Waals surface area contributed by atoms with Crippen LogP contribution in [0.25, 0.3) is 0 Å². The van der Waals surface area contributed by atoms with Crippen LogP contribution >= 0.6 is 0 Å². The largest absolute Gasteiger partial charge is 0.394 e. The molecule has 1 aliphatic heterocycles. The van der Waals surface area contributed by atoms with Crippen LogP contribution in [0.3, 0.4) is 0 Å². The minimum atomic E-state index is 0.582. The van der Waals surface area contributed by atoms with E-state index < -0.39 is 0 Å². The van der Waals surface area contributed by atoms with Gasteiger partial charge in [-0.05, 0) is 33.4 Å². The number of oxime groups is 1. The maximum Gasteiger partial charge on any atom is 0.132 e. The zero-order chi connectivity index (χ0) is 8.10. The van der Waals surface area contributed by atoms with Crippen LogP contribution in [0.4, 0.5) is 0 Å². The summed E-state index contributed by atoms with van der Waals surface area (Å²) in [5, 5.41) is 3.72. The maximum atomic E-state index is 5.06. The van der Waals surface area contributed by atoms with Gasteiger partial charge in [-0.25, -0.2) is 0 Å². The first-order chi connectivity index (χ1) is 5.34. The van der Waals surface area contributed by atoms with E-state index >= 15 is 0 Å². The smallest absolute Gasteiger partial charge is 0.132 e. The molecule has 3 nitrogen and oxygen atoms in total. The monoisotopic (exact) mass is 156 g/mol. The minimum Gasteiger partial charge on any atom is -0.394 e. The van der Waals surface area contributed by atoms with Gasteiger partial charge in [0.05, 0.1) is 0 Å². The van der Waals surface area contributed by atoms with Crippen molar-refractivity contribution in [3.05, 3.63) is 0 Å². The fourth-order valence-electron chi connectivity index (χ4n) is 1.39. The molecule has 0 aliphatic carbocycles. The first-order valence-electron chi connectivity index (χ1n) is 4.14. The summed E-state index contributed by atoms with van der Waals surface area (Å²) in [5.41, 5.74) is 0. The van der Waals surface area contributed by atoms with Crippen LogP contribution in [-0.4, -0.2) is 37.4 Å². The molecule has 1 saturated heterocycles. The molecular weight excluding hydrogens is 140 g/mol. The summed E-state index contributed by atoms with van der Waals surface area (Å²) in [4.78, 5) is 7.39. The highest BCUT2D eigenvalue weighted by Crippen LogP contribution is 2.14. The fraction of sp³-hybridized carbons (Fsp3) is 0.875. The highest BCUT2D eigenvalue weighted by molar-refractivity contribution is 5.52. The van der Waals surface area contributed by atoms with Gasteiger partial charge in [0.1, 0.15) is 6.61 Å². The summed E-state index contributed by atoms with van der Waals surface area (Å²) in [5.74, 6) is 0. The Morgan fingerprint density at radius 1 is 1.73 bits per heavy atom.